The Bertz CT molecular complexity index is 624. The molecule has 1 rings (SSSR count). The number of aromatic nitrogens is 1. The number of hydrogen-bond donors (Lipinski definition) is 1. The van der Waals surface area contributed by atoms with Crippen molar-refractivity contribution in [3.05, 3.63) is 15.8 Å². The van der Waals surface area contributed by atoms with Gasteiger partial charge in [0.25, 0.3) is 0 Å². The molecule has 21 heavy (non-hydrogen) atoms. The van der Waals surface area contributed by atoms with Crippen molar-refractivity contribution in [3.63, 3.8) is 0 Å². The fourth-order valence-electron chi connectivity index (χ4n) is 1.46. The molecule has 0 aromatic carbocycles. The minimum atomic E-state index is -3.37. The number of carbonyl (C=O) groups excluding carboxylic acids is 1. The first-order valence-electron chi connectivity index (χ1n) is 6.43. The number of carbonyl (C=O) groups is 1. The first kappa shape index (κ1) is 18.1. The van der Waals surface area contributed by atoms with Crippen molar-refractivity contribution in [2.75, 3.05) is 11.1 Å². The van der Waals surface area contributed by atoms with Gasteiger partial charge in [-0.05, 0) is 55.8 Å². The van der Waals surface area contributed by atoms with Crippen LogP contribution in [0, 0.1) is 3.57 Å². The molecular weight excluding hydrogens is 407 g/mol. The maximum absolute atomic E-state index is 11.9. The van der Waals surface area contributed by atoms with E-state index in [0.29, 0.717) is 15.7 Å². The van der Waals surface area contributed by atoms with Gasteiger partial charge in [-0.1, -0.05) is 6.92 Å². The summed E-state index contributed by atoms with van der Waals surface area (Å²) < 4.78 is 29.6. The Morgan fingerprint density at radius 2 is 2.05 bits per heavy atom. The zero-order chi connectivity index (χ0) is 16.3. The summed E-state index contributed by atoms with van der Waals surface area (Å²) in [5.41, 5.74) is -0.187. The zero-order valence-electron chi connectivity index (χ0n) is 12.4. The molecule has 1 aromatic rings. The van der Waals surface area contributed by atoms with Crippen molar-refractivity contribution in [2.45, 2.75) is 44.7 Å². The van der Waals surface area contributed by atoms with E-state index in [9.17, 15) is 13.2 Å². The average molecular weight is 426 g/mol. The summed E-state index contributed by atoms with van der Waals surface area (Å²) in [5.74, 6) is 0.0505. The van der Waals surface area contributed by atoms with Gasteiger partial charge in [-0.2, -0.15) is 0 Å². The van der Waals surface area contributed by atoms with Crippen LogP contribution in [0.15, 0.2) is 17.3 Å². The number of rotatable bonds is 4. The summed E-state index contributed by atoms with van der Waals surface area (Å²) in [6.45, 7) is 7.07. The highest BCUT2D eigenvalue weighted by atomic mass is 127. The number of hydrogen-bond acceptors (Lipinski definition) is 5. The van der Waals surface area contributed by atoms with Gasteiger partial charge >= 0.3 is 6.09 Å². The van der Waals surface area contributed by atoms with Crippen molar-refractivity contribution in [2.24, 2.45) is 0 Å². The van der Waals surface area contributed by atoms with Crippen molar-refractivity contribution in [1.29, 1.82) is 0 Å². The Hall–Kier alpha value is -0.900. The SMILES string of the molecule is CCCS(=O)(=O)c1cc(I)c(NC(=O)OC(C)(C)C)cn1. The highest BCUT2D eigenvalue weighted by Gasteiger charge is 2.19. The lowest BCUT2D eigenvalue weighted by molar-refractivity contribution is 0.0635. The first-order valence-corrected chi connectivity index (χ1v) is 9.16. The Morgan fingerprint density at radius 3 is 2.52 bits per heavy atom. The first-order chi connectivity index (χ1) is 9.55. The number of amides is 1. The normalized spacial score (nSPS) is 12.0. The molecule has 1 heterocycles. The molecular formula is C13H19IN2O4S. The Labute approximate surface area is 138 Å². The third kappa shape index (κ3) is 5.77. The fourth-order valence-corrected chi connectivity index (χ4v) is 3.50. The lowest BCUT2D eigenvalue weighted by atomic mass is 10.2. The van der Waals surface area contributed by atoms with E-state index in [1.165, 1.54) is 12.3 Å². The summed E-state index contributed by atoms with van der Waals surface area (Å²) in [5, 5.41) is 2.57. The zero-order valence-corrected chi connectivity index (χ0v) is 15.4. The molecule has 0 bridgehead atoms. The molecule has 118 valence electrons. The van der Waals surface area contributed by atoms with Crippen LogP contribution in [0.4, 0.5) is 10.5 Å². The molecule has 0 radical (unpaired) electrons. The molecule has 0 aliphatic rings. The molecule has 0 aliphatic carbocycles. The molecule has 0 fully saturated rings. The molecule has 1 N–H and O–H groups in total. The second kappa shape index (κ2) is 6.91. The molecule has 1 amide bonds. The number of pyridine rings is 1. The van der Waals surface area contributed by atoms with Crippen LogP contribution in [0.3, 0.4) is 0 Å². The van der Waals surface area contributed by atoms with Crippen molar-refractivity contribution >= 4 is 44.2 Å². The highest BCUT2D eigenvalue weighted by molar-refractivity contribution is 14.1. The van der Waals surface area contributed by atoms with Gasteiger partial charge in [-0.3, -0.25) is 5.32 Å². The Morgan fingerprint density at radius 1 is 1.43 bits per heavy atom. The van der Waals surface area contributed by atoms with Crippen LogP contribution >= 0.6 is 22.6 Å². The number of anilines is 1. The molecule has 1 aromatic heterocycles. The molecule has 0 saturated carbocycles. The van der Waals surface area contributed by atoms with E-state index in [-0.39, 0.29) is 10.8 Å². The van der Waals surface area contributed by atoms with Crippen LogP contribution in [0.5, 0.6) is 0 Å². The maximum Gasteiger partial charge on any atom is 0.412 e. The third-order valence-corrected chi connectivity index (χ3v) is 4.95. The van der Waals surface area contributed by atoms with E-state index < -0.39 is 21.5 Å². The maximum atomic E-state index is 11.9. The van der Waals surface area contributed by atoms with E-state index in [2.05, 4.69) is 10.3 Å². The van der Waals surface area contributed by atoms with E-state index >= 15 is 0 Å². The quantitative estimate of drug-likeness (QED) is 0.748. The predicted octanol–water partition coefficient (Wildman–Crippen LogP) is 3.22. The molecule has 0 aliphatic heterocycles. The van der Waals surface area contributed by atoms with Gasteiger partial charge in [0, 0.05) is 3.57 Å². The number of halogens is 1. The lowest BCUT2D eigenvalue weighted by Gasteiger charge is -2.20. The average Bonchev–Trinajstić information content (AvgIpc) is 2.29. The van der Waals surface area contributed by atoms with Crippen LogP contribution in [0.25, 0.3) is 0 Å². The fraction of sp³-hybridized carbons (Fsp3) is 0.538. The highest BCUT2D eigenvalue weighted by Crippen LogP contribution is 2.21. The smallest absolute Gasteiger partial charge is 0.412 e. The second-order valence-corrected chi connectivity index (χ2v) is 8.67. The van der Waals surface area contributed by atoms with Gasteiger partial charge in [0.05, 0.1) is 17.6 Å². The molecule has 0 atom stereocenters. The van der Waals surface area contributed by atoms with Crippen LogP contribution in [-0.4, -0.2) is 30.8 Å². The standard InChI is InChI=1S/C13H19IN2O4S/c1-5-6-21(18,19)11-7-9(14)10(8-15-11)16-12(17)20-13(2,3)4/h7-8H,5-6H2,1-4H3,(H,16,17). The van der Waals surface area contributed by atoms with Gasteiger partial charge in [-0.15, -0.1) is 0 Å². The summed E-state index contributed by atoms with van der Waals surface area (Å²) in [7, 11) is -3.37. The van der Waals surface area contributed by atoms with Crippen LogP contribution in [0.2, 0.25) is 0 Å². The van der Waals surface area contributed by atoms with Crippen molar-refractivity contribution in [3.8, 4) is 0 Å². The van der Waals surface area contributed by atoms with Gasteiger partial charge < -0.3 is 4.74 Å². The summed E-state index contributed by atoms with van der Waals surface area (Å²) in [6, 6.07) is 1.44. The Balaban J connectivity index is 2.92. The molecule has 0 spiro atoms. The monoisotopic (exact) mass is 426 g/mol. The third-order valence-electron chi connectivity index (χ3n) is 2.26. The van der Waals surface area contributed by atoms with Gasteiger partial charge in [0.1, 0.15) is 5.60 Å². The van der Waals surface area contributed by atoms with E-state index in [0.717, 1.165) is 0 Å². The summed E-state index contributed by atoms with van der Waals surface area (Å²) >= 11 is 1.95. The van der Waals surface area contributed by atoms with E-state index in [1.54, 1.807) is 27.7 Å². The Kier molecular flexibility index (Phi) is 5.97. The van der Waals surface area contributed by atoms with Crippen LogP contribution in [-0.2, 0) is 14.6 Å². The van der Waals surface area contributed by atoms with Crippen molar-refractivity contribution < 1.29 is 17.9 Å². The number of ether oxygens (including phenoxy) is 1. The predicted molar refractivity (Wildman–Crippen MR) is 89.2 cm³/mol. The minimum Gasteiger partial charge on any atom is -0.444 e. The lowest BCUT2D eigenvalue weighted by Crippen LogP contribution is -2.27. The summed E-state index contributed by atoms with van der Waals surface area (Å²) in [6.07, 6.45) is 1.25. The number of nitrogens with one attached hydrogen (secondary N) is 1. The van der Waals surface area contributed by atoms with Gasteiger partial charge in [0.2, 0.25) is 0 Å². The van der Waals surface area contributed by atoms with Crippen molar-refractivity contribution in [1.82, 2.24) is 4.98 Å². The number of nitrogens with zero attached hydrogens (tertiary/aromatic N) is 1. The molecule has 8 heteroatoms. The van der Waals surface area contributed by atoms with Crippen LogP contribution < -0.4 is 5.32 Å². The van der Waals surface area contributed by atoms with Gasteiger partial charge in [0.15, 0.2) is 14.9 Å². The van der Waals surface area contributed by atoms with Gasteiger partial charge in [-0.25, -0.2) is 18.2 Å². The molecule has 6 nitrogen and oxygen atoms in total. The van der Waals surface area contributed by atoms with Crippen LogP contribution in [0.1, 0.15) is 34.1 Å². The largest absolute Gasteiger partial charge is 0.444 e. The summed E-state index contributed by atoms with van der Waals surface area (Å²) in [4.78, 5) is 15.6. The minimum absolute atomic E-state index is 0.0171. The molecule has 0 unspecified atom stereocenters. The number of sulfone groups is 1. The topological polar surface area (TPSA) is 85.4 Å². The molecule has 0 saturated heterocycles. The van der Waals surface area contributed by atoms with E-state index in [1.807, 2.05) is 22.6 Å². The second-order valence-electron chi connectivity index (χ2n) is 5.45. The van der Waals surface area contributed by atoms with E-state index in [4.69, 9.17) is 4.74 Å².